The van der Waals surface area contributed by atoms with Crippen LogP contribution in [0.4, 0.5) is 0 Å². The van der Waals surface area contributed by atoms with Crippen LogP contribution in [0.3, 0.4) is 0 Å². The largest absolute Gasteiger partial charge is 0.487 e. The Balaban J connectivity index is 1.59. The molecule has 0 bridgehead atoms. The summed E-state index contributed by atoms with van der Waals surface area (Å²) in [6.07, 6.45) is 3.55. The van der Waals surface area contributed by atoms with E-state index in [1.54, 1.807) is 23.6 Å². The van der Waals surface area contributed by atoms with E-state index in [0.29, 0.717) is 38.7 Å². The monoisotopic (exact) mass is 818 g/mol. The molecule has 0 N–H and O–H groups in total. The Morgan fingerprint density at radius 1 is 1.12 bits per heavy atom. The fraction of sp³-hybridized carbons (Fsp3) is 0.156. The predicted octanol–water partition coefficient (Wildman–Crippen LogP) is 5.44. The summed E-state index contributed by atoms with van der Waals surface area (Å²) < 4.78 is 26.4. The minimum Gasteiger partial charge on any atom is -0.487 e. The lowest BCUT2D eigenvalue weighted by atomic mass is 9.93. The molecular weight excluding hydrogens is 794 g/mol. The van der Waals surface area contributed by atoms with E-state index >= 15 is 0 Å². The van der Waals surface area contributed by atoms with E-state index in [9.17, 15) is 9.59 Å². The van der Waals surface area contributed by atoms with Gasteiger partial charge in [-0.15, -0.1) is 0 Å². The lowest BCUT2D eigenvalue weighted by molar-refractivity contribution is -0.138. The van der Waals surface area contributed by atoms with Crippen molar-refractivity contribution in [1.82, 2.24) is 4.57 Å². The molecule has 2 aliphatic rings. The Hall–Kier alpha value is -3.43. The van der Waals surface area contributed by atoms with Gasteiger partial charge in [-0.25, -0.2) is 9.79 Å². The molecule has 6 rings (SSSR count). The molecule has 1 aromatic heterocycles. The van der Waals surface area contributed by atoms with Gasteiger partial charge in [0, 0.05) is 5.56 Å². The number of aromatic nitrogens is 1. The molecule has 218 valence electrons. The topological polar surface area (TPSA) is 88.3 Å². The van der Waals surface area contributed by atoms with E-state index in [0.717, 1.165) is 24.0 Å². The van der Waals surface area contributed by atoms with Gasteiger partial charge in [0.1, 0.15) is 12.4 Å². The van der Waals surface area contributed by atoms with Crippen LogP contribution >= 0.6 is 56.5 Å². The number of hydrogen-bond acceptors (Lipinski definition) is 8. The molecule has 11 heteroatoms. The number of nitrogens with zero attached hydrogens (tertiary/aromatic N) is 2. The van der Waals surface area contributed by atoms with Gasteiger partial charge in [-0.05, 0) is 93.6 Å². The number of carbonyl (C=O) groups is 1. The maximum atomic E-state index is 14.2. The first kappa shape index (κ1) is 29.6. The second-order valence-corrected chi connectivity index (χ2v) is 12.8. The van der Waals surface area contributed by atoms with Crippen molar-refractivity contribution >= 4 is 74.3 Å². The van der Waals surface area contributed by atoms with Gasteiger partial charge < -0.3 is 18.9 Å². The second kappa shape index (κ2) is 12.7. The Morgan fingerprint density at radius 3 is 2.58 bits per heavy atom. The molecule has 3 aromatic carbocycles. The minimum absolute atomic E-state index is 0.104. The summed E-state index contributed by atoms with van der Waals surface area (Å²) in [4.78, 5) is 33.2. The number of ether oxygens (including phenoxy) is 4. The summed E-state index contributed by atoms with van der Waals surface area (Å²) in [5, 5.41) is 0. The van der Waals surface area contributed by atoms with Crippen LogP contribution in [0.2, 0.25) is 0 Å². The molecule has 4 aromatic rings. The van der Waals surface area contributed by atoms with E-state index in [1.807, 2.05) is 60.7 Å². The van der Waals surface area contributed by atoms with Crippen LogP contribution in [0, 0.1) is 7.14 Å². The van der Waals surface area contributed by atoms with Gasteiger partial charge in [0.25, 0.3) is 5.56 Å². The number of fused-ring (bicyclic) bond motifs is 2. The van der Waals surface area contributed by atoms with Crippen molar-refractivity contribution in [3.05, 3.63) is 122 Å². The van der Waals surface area contributed by atoms with E-state index in [2.05, 4.69) is 51.8 Å². The molecule has 0 aliphatic carbocycles. The summed E-state index contributed by atoms with van der Waals surface area (Å²) in [6.45, 7) is 6.15. The summed E-state index contributed by atoms with van der Waals surface area (Å²) >= 11 is 5.73. The van der Waals surface area contributed by atoms with Crippen LogP contribution in [-0.4, -0.2) is 30.5 Å². The average Bonchev–Trinajstić information content (AvgIpc) is 3.60. The molecule has 0 saturated carbocycles. The molecule has 3 heterocycles. The summed E-state index contributed by atoms with van der Waals surface area (Å²) in [5.41, 5.74) is 2.74. The molecule has 0 amide bonds. The highest BCUT2D eigenvalue weighted by atomic mass is 127. The fourth-order valence-electron chi connectivity index (χ4n) is 4.93. The fourth-order valence-corrected chi connectivity index (χ4v) is 8.06. The highest BCUT2D eigenvalue weighted by molar-refractivity contribution is 14.1. The normalized spacial score (nSPS) is 15.6. The predicted molar refractivity (Wildman–Crippen MR) is 181 cm³/mol. The Morgan fingerprint density at radius 2 is 1.86 bits per heavy atom. The van der Waals surface area contributed by atoms with E-state index in [4.69, 9.17) is 23.9 Å². The summed E-state index contributed by atoms with van der Waals surface area (Å²) in [5.74, 6) is 1.38. The Labute approximate surface area is 278 Å². The van der Waals surface area contributed by atoms with Crippen molar-refractivity contribution in [2.75, 3.05) is 20.0 Å². The van der Waals surface area contributed by atoms with Crippen LogP contribution in [-0.2, 0) is 9.53 Å². The maximum Gasteiger partial charge on any atom is 0.338 e. The number of halogens is 2. The van der Waals surface area contributed by atoms with Gasteiger partial charge >= 0.3 is 5.97 Å². The third-order valence-electron chi connectivity index (χ3n) is 6.75. The third kappa shape index (κ3) is 5.77. The molecule has 1 atom stereocenters. The van der Waals surface area contributed by atoms with Gasteiger partial charge in [-0.1, -0.05) is 60.4 Å². The van der Waals surface area contributed by atoms with Gasteiger partial charge in [-0.2, -0.15) is 0 Å². The average molecular weight is 818 g/mol. The molecule has 0 radical (unpaired) electrons. The lowest BCUT2D eigenvalue weighted by Gasteiger charge is -2.26. The minimum atomic E-state index is -0.808. The van der Waals surface area contributed by atoms with Gasteiger partial charge in [0.2, 0.25) is 6.79 Å². The number of hydrogen-bond donors (Lipinski definition) is 0. The number of thiazole rings is 1. The zero-order valence-corrected chi connectivity index (χ0v) is 28.0. The smallest absolute Gasteiger partial charge is 0.338 e. The van der Waals surface area contributed by atoms with Crippen molar-refractivity contribution < 1.29 is 23.7 Å². The molecule has 0 saturated heterocycles. The van der Waals surface area contributed by atoms with E-state index in [-0.39, 0.29) is 24.5 Å². The lowest BCUT2D eigenvalue weighted by Crippen LogP contribution is -2.40. The SMILES string of the molecule is C=CCOc1c(I)cc(/C=c2/sc3n(c2=O)C(c2ccc4c(c2)OCO4)C(C(=O)OCC)=C(c2ccccc2)N=3)cc1I. The summed E-state index contributed by atoms with van der Waals surface area (Å²) in [7, 11) is 0. The number of esters is 1. The van der Waals surface area contributed by atoms with Crippen LogP contribution in [0.1, 0.15) is 29.7 Å². The number of carbonyl (C=O) groups excluding carboxylic acids is 1. The highest BCUT2D eigenvalue weighted by Gasteiger charge is 2.36. The Kier molecular flexibility index (Phi) is 8.73. The second-order valence-electron chi connectivity index (χ2n) is 9.46. The molecule has 8 nitrogen and oxygen atoms in total. The van der Waals surface area contributed by atoms with Gasteiger partial charge in [0.05, 0.1) is 35.6 Å². The van der Waals surface area contributed by atoms with Crippen LogP contribution in [0.5, 0.6) is 17.2 Å². The zero-order valence-electron chi connectivity index (χ0n) is 22.8. The first-order valence-corrected chi connectivity index (χ1v) is 16.3. The van der Waals surface area contributed by atoms with Crippen molar-refractivity contribution in [1.29, 1.82) is 0 Å². The van der Waals surface area contributed by atoms with Crippen LogP contribution in [0.15, 0.2) is 88.7 Å². The van der Waals surface area contributed by atoms with E-state index in [1.165, 1.54) is 11.3 Å². The first-order chi connectivity index (χ1) is 20.9. The molecular formula is C32H24I2N2O6S. The molecule has 0 fully saturated rings. The molecule has 0 spiro atoms. The van der Waals surface area contributed by atoms with Crippen molar-refractivity contribution in [3.63, 3.8) is 0 Å². The number of benzene rings is 3. The standard InChI is InChI=1S/C32H24I2N2O6S/c1-3-12-40-29-21(33)13-18(14-22(29)34)15-25-30(37)36-28(20-10-11-23-24(16-20)42-17-41-23)26(31(38)39-4-2)27(35-32(36)43-25)19-8-6-5-7-9-19/h3,5-11,13-16,28H,1,4,12,17H2,2H3/b25-15+. The number of rotatable bonds is 8. The van der Waals surface area contributed by atoms with Crippen molar-refractivity contribution in [3.8, 4) is 17.2 Å². The Bertz CT molecular complexity index is 1940. The van der Waals surface area contributed by atoms with Gasteiger partial charge in [0.15, 0.2) is 16.3 Å². The van der Waals surface area contributed by atoms with Crippen molar-refractivity contribution in [2.24, 2.45) is 4.99 Å². The third-order valence-corrected chi connectivity index (χ3v) is 9.34. The van der Waals surface area contributed by atoms with Crippen LogP contribution in [0.25, 0.3) is 11.8 Å². The van der Waals surface area contributed by atoms with E-state index < -0.39 is 12.0 Å². The quantitative estimate of drug-likeness (QED) is 0.134. The summed E-state index contributed by atoms with van der Waals surface area (Å²) in [6, 6.07) is 18.0. The first-order valence-electron chi connectivity index (χ1n) is 13.3. The van der Waals surface area contributed by atoms with Crippen molar-refractivity contribution in [2.45, 2.75) is 13.0 Å². The highest BCUT2D eigenvalue weighted by Crippen LogP contribution is 2.40. The maximum absolute atomic E-state index is 14.2. The molecule has 43 heavy (non-hydrogen) atoms. The van der Waals surface area contributed by atoms with Crippen LogP contribution < -0.4 is 29.1 Å². The molecule has 1 unspecified atom stereocenters. The van der Waals surface area contributed by atoms with Gasteiger partial charge in [-0.3, -0.25) is 9.36 Å². The molecule has 2 aliphatic heterocycles. The zero-order chi connectivity index (χ0) is 30.1.